The maximum atomic E-state index is 10.1. The van der Waals surface area contributed by atoms with Crippen molar-refractivity contribution in [3.63, 3.8) is 0 Å². The zero-order valence-corrected chi connectivity index (χ0v) is 8.88. The van der Waals surface area contributed by atoms with Crippen molar-refractivity contribution in [3.05, 3.63) is 0 Å². The highest BCUT2D eigenvalue weighted by atomic mass is 16.4. The molecule has 0 saturated carbocycles. The minimum absolute atomic E-state index is 0.420. The van der Waals surface area contributed by atoms with Crippen LogP contribution in [0.2, 0.25) is 0 Å². The number of amides is 2. The SMILES string of the molecule is CC(=O)O.CCCCCCNC(N)=O. The Kier molecular flexibility index (Phi) is 12.8. The van der Waals surface area contributed by atoms with Gasteiger partial charge in [-0.25, -0.2) is 4.79 Å². The zero-order chi connectivity index (χ0) is 11.4. The number of carbonyl (C=O) groups excluding carboxylic acids is 1. The van der Waals surface area contributed by atoms with Gasteiger partial charge in [0, 0.05) is 13.5 Å². The monoisotopic (exact) mass is 204 g/mol. The number of carbonyl (C=O) groups is 2. The summed E-state index contributed by atoms with van der Waals surface area (Å²) >= 11 is 0. The summed E-state index contributed by atoms with van der Waals surface area (Å²) in [7, 11) is 0. The van der Waals surface area contributed by atoms with Crippen molar-refractivity contribution in [2.45, 2.75) is 39.5 Å². The van der Waals surface area contributed by atoms with Crippen molar-refractivity contribution in [1.29, 1.82) is 0 Å². The molecule has 0 unspecified atom stereocenters. The van der Waals surface area contributed by atoms with Gasteiger partial charge >= 0.3 is 6.03 Å². The van der Waals surface area contributed by atoms with Crippen LogP contribution in [0.3, 0.4) is 0 Å². The summed E-state index contributed by atoms with van der Waals surface area (Å²) in [4.78, 5) is 19.1. The van der Waals surface area contributed by atoms with Crippen LogP contribution in [0.5, 0.6) is 0 Å². The molecule has 5 nitrogen and oxygen atoms in total. The van der Waals surface area contributed by atoms with E-state index in [-0.39, 0.29) is 0 Å². The predicted octanol–water partition coefficient (Wildman–Crippen LogP) is 1.33. The Morgan fingerprint density at radius 2 is 1.79 bits per heavy atom. The van der Waals surface area contributed by atoms with Gasteiger partial charge < -0.3 is 16.2 Å². The van der Waals surface area contributed by atoms with E-state index < -0.39 is 12.0 Å². The second-order valence-electron chi connectivity index (χ2n) is 2.87. The lowest BCUT2D eigenvalue weighted by molar-refractivity contribution is -0.134. The number of primary amides is 1. The number of nitrogens with two attached hydrogens (primary N) is 1. The summed E-state index contributed by atoms with van der Waals surface area (Å²) in [6.07, 6.45) is 4.67. The first kappa shape index (κ1) is 15.2. The van der Waals surface area contributed by atoms with Crippen LogP contribution in [0, 0.1) is 0 Å². The molecule has 14 heavy (non-hydrogen) atoms. The fourth-order valence-corrected chi connectivity index (χ4v) is 0.763. The number of carboxylic acid groups (broad SMARTS) is 1. The third-order valence-electron chi connectivity index (χ3n) is 1.33. The third-order valence-corrected chi connectivity index (χ3v) is 1.33. The quantitative estimate of drug-likeness (QED) is 0.590. The Morgan fingerprint density at radius 3 is 2.14 bits per heavy atom. The van der Waals surface area contributed by atoms with Crippen LogP contribution in [0.15, 0.2) is 0 Å². The maximum absolute atomic E-state index is 10.1. The number of aliphatic carboxylic acids is 1. The Labute approximate surface area is 84.7 Å². The van der Waals surface area contributed by atoms with Crippen LogP contribution >= 0.6 is 0 Å². The molecule has 0 aliphatic carbocycles. The molecule has 0 saturated heterocycles. The van der Waals surface area contributed by atoms with Crippen molar-refractivity contribution in [2.75, 3.05) is 6.54 Å². The van der Waals surface area contributed by atoms with Gasteiger partial charge in [0.1, 0.15) is 0 Å². The molecule has 0 radical (unpaired) electrons. The molecule has 0 fully saturated rings. The average molecular weight is 204 g/mol. The standard InChI is InChI=1S/C7H16N2O.C2H4O2/c1-2-3-4-5-6-9-7(8)10;1-2(3)4/h2-6H2,1H3,(H3,8,9,10);1H3,(H,3,4). The molecule has 0 aromatic rings. The molecule has 0 spiro atoms. The first-order valence-electron chi connectivity index (χ1n) is 4.73. The largest absolute Gasteiger partial charge is 0.481 e. The molecule has 0 atom stereocenters. The van der Waals surface area contributed by atoms with Gasteiger partial charge in [0.15, 0.2) is 0 Å². The fourth-order valence-electron chi connectivity index (χ4n) is 0.763. The van der Waals surface area contributed by atoms with Gasteiger partial charge in [0.2, 0.25) is 0 Å². The average Bonchev–Trinajstić information content (AvgIpc) is 2.02. The van der Waals surface area contributed by atoms with Gasteiger partial charge in [-0.15, -0.1) is 0 Å². The summed E-state index contributed by atoms with van der Waals surface area (Å²) < 4.78 is 0. The number of carboxylic acids is 1. The first-order chi connectivity index (χ1) is 6.50. The molecule has 0 bridgehead atoms. The molecule has 0 aliphatic heterocycles. The summed E-state index contributed by atoms with van der Waals surface area (Å²) in [5.74, 6) is -0.833. The van der Waals surface area contributed by atoms with Gasteiger partial charge in [-0.3, -0.25) is 4.79 Å². The lowest BCUT2D eigenvalue weighted by Gasteiger charge is -1.99. The number of unbranched alkanes of at least 4 members (excludes halogenated alkanes) is 3. The number of urea groups is 1. The summed E-state index contributed by atoms with van der Waals surface area (Å²) in [5.41, 5.74) is 4.86. The molecule has 0 heterocycles. The van der Waals surface area contributed by atoms with Crippen molar-refractivity contribution in [1.82, 2.24) is 5.32 Å². The van der Waals surface area contributed by atoms with Gasteiger partial charge in [0.25, 0.3) is 5.97 Å². The topological polar surface area (TPSA) is 92.4 Å². The Balaban J connectivity index is 0. The highest BCUT2D eigenvalue weighted by Crippen LogP contribution is 1.96. The molecule has 0 aromatic carbocycles. The van der Waals surface area contributed by atoms with Gasteiger partial charge in [-0.1, -0.05) is 26.2 Å². The number of hydrogen-bond donors (Lipinski definition) is 3. The van der Waals surface area contributed by atoms with Crippen molar-refractivity contribution in [2.24, 2.45) is 5.73 Å². The van der Waals surface area contributed by atoms with E-state index in [1.807, 2.05) is 0 Å². The van der Waals surface area contributed by atoms with Gasteiger partial charge in [0.05, 0.1) is 0 Å². The molecule has 5 heteroatoms. The van der Waals surface area contributed by atoms with Crippen molar-refractivity contribution < 1.29 is 14.7 Å². The van der Waals surface area contributed by atoms with Gasteiger partial charge in [-0.05, 0) is 6.42 Å². The van der Waals surface area contributed by atoms with Crippen molar-refractivity contribution >= 4 is 12.0 Å². The van der Waals surface area contributed by atoms with Crippen LogP contribution in [0.1, 0.15) is 39.5 Å². The third kappa shape index (κ3) is 30.9. The summed E-state index contributed by atoms with van der Waals surface area (Å²) in [6, 6.07) is -0.420. The van der Waals surface area contributed by atoms with E-state index in [0.29, 0.717) is 0 Å². The minimum Gasteiger partial charge on any atom is -0.481 e. The second kappa shape index (κ2) is 11.7. The Morgan fingerprint density at radius 1 is 1.29 bits per heavy atom. The minimum atomic E-state index is -0.833. The molecule has 0 rings (SSSR count). The van der Waals surface area contributed by atoms with E-state index in [2.05, 4.69) is 12.2 Å². The Hall–Kier alpha value is -1.26. The van der Waals surface area contributed by atoms with E-state index in [4.69, 9.17) is 15.6 Å². The molecular formula is C9H20N2O3. The van der Waals surface area contributed by atoms with Crippen LogP contribution in [0.4, 0.5) is 4.79 Å². The molecule has 84 valence electrons. The second-order valence-corrected chi connectivity index (χ2v) is 2.87. The van der Waals surface area contributed by atoms with Crippen LogP contribution < -0.4 is 11.1 Å². The predicted molar refractivity (Wildman–Crippen MR) is 55.0 cm³/mol. The van der Waals surface area contributed by atoms with Gasteiger partial charge in [-0.2, -0.15) is 0 Å². The van der Waals surface area contributed by atoms with E-state index in [9.17, 15) is 4.79 Å². The smallest absolute Gasteiger partial charge is 0.312 e. The molecule has 0 aromatic heterocycles. The van der Waals surface area contributed by atoms with Crippen LogP contribution in [0.25, 0.3) is 0 Å². The summed E-state index contributed by atoms with van der Waals surface area (Å²) in [5, 5.41) is 9.96. The van der Waals surface area contributed by atoms with E-state index >= 15 is 0 Å². The summed E-state index contributed by atoms with van der Waals surface area (Å²) in [6.45, 7) is 3.96. The van der Waals surface area contributed by atoms with Crippen LogP contribution in [-0.2, 0) is 4.79 Å². The van der Waals surface area contributed by atoms with Crippen LogP contribution in [-0.4, -0.2) is 23.7 Å². The fraction of sp³-hybridized carbons (Fsp3) is 0.778. The van der Waals surface area contributed by atoms with E-state index in [0.717, 1.165) is 19.9 Å². The highest BCUT2D eigenvalue weighted by molar-refractivity contribution is 5.71. The molecular weight excluding hydrogens is 184 g/mol. The van der Waals surface area contributed by atoms with E-state index in [1.165, 1.54) is 19.3 Å². The zero-order valence-electron chi connectivity index (χ0n) is 8.88. The molecule has 4 N–H and O–H groups in total. The molecule has 2 amide bonds. The number of rotatable bonds is 5. The van der Waals surface area contributed by atoms with E-state index in [1.54, 1.807) is 0 Å². The maximum Gasteiger partial charge on any atom is 0.312 e. The van der Waals surface area contributed by atoms with Crippen molar-refractivity contribution in [3.8, 4) is 0 Å². The molecule has 0 aliphatic rings. The Bertz CT molecular complexity index is 156. The number of nitrogens with one attached hydrogen (secondary N) is 1. The lowest BCUT2D eigenvalue weighted by atomic mass is 10.2. The highest BCUT2D eigenvalue weighted by Gasteiger charge is 1.89. The number of hydrogen-bond acceptors (Lipinski definition) is 2. The first-order valence-corrected chi connectivity index (χ1v) is 4.73. The lowest BCUT2D eigenvalue weighted by Crippen LogP contribution is -2.29. The normalized spacial score (nSPS) is 8.43.